The molecule has 0 spiro atoms. The van der Waals surface area contributed by atoms with Crippen LogP contribution in [0, 0.1) is 0 Å². The molecular formula is C14H10F3N5O2S. The Bertz CT molecular complexity index is 988. The maximum atomic E-state index is 13.1. The van der Waals surface area contributed by atoms with Crippen LogP contribution in [-0.4, -0.2) is 28.2 Å². The summed E-state index contributed by atoms with van der Waals surface area (Å²) in [7, 11) is -4.53. The van der Waals surface area contributed by atoms with E-state index in [1.807, 2.05) is 0 Å². The van der Waals surface area contributed by atoms with E-state index in [0.717, 1.165) is 18.3 Å². The van der Waals surface area contributed by atoms with Crippen LogP contribution >= 0.6 is 0 Å². The Morgan fingerprint density at radius 1 is 1.12 bits per heavy atom. The van der Waals surface area contributed by atoms with E-state index in [1.165, 1.54) is 29.5 Å². The Morgan fingerprint density at radius 2 is 1.88 bits per heavy atom. The molecule has 0 aliphatic heterocycles. The Morgan fingerprint density at radius 3 is 2.56 bits per heavy atom. The smallest absolute Gasteiger partial charge is 0.274 e. The number of hydrogen-bond donors (Lipinski definition) is 1. The third-order valence-electron chi connectivity index (χ3n) is 3.14. The SMILES string of the molecule is O=S(=O)(Nc1cncnc1-n1cccn1)c1ccccc1C(F)(F)F. The number of sulfonamides is 1. The Labute approximate surface area is 140 Å². The molecule has 0 amide bonds. The number of alkyl halides is 3. The zero-order valence-electron chi connectivity index (χ0n) is 12.3. The van der Waals surface area contributed by atoms with Gasteiger partial charge in [0.15, 0.2) is 5.82 Å². The minimum atomic E-state index is -4.82. The molecule has 3 aromatic rings. The second-order valence-corrected chi connectivity index (χ2v) is 6.46. The van der Waals surface area contributed by atoms with Crippen molar-refractivity contribution in [2.45, 2.75) is 11.1 Å². The maximum Gasteiger partial charge on any atom is 0.417 e. The maximum absolute atomic E-state index is 13.1. The molecule has 0 saturated carbocycles. The standard InChI is InChI=1S/C14H10F3N5O2S/c15-14(16,17)10-4-1-2-5-12(10)25(23,24)21-11-8-18-9-19-13(11)22-7-3-6-20-22/h1-9,21H. The molecule has 0 atom stereocenters. The molecule has 25 heavy (non-hydrogen) atoms. The predicted molar refractivity (Wildman–Crippen MR) is 81.4 cm³/mol. The van der Waals surface area contributed by atoms with Crippen molar-refractivity contribution in [3.63, 3.8) is 0 Å². The van der Waals surface area contributed by atoms with Crippen LogP contribution in [0.1, 0.15) is 5.56 Å². The number of nitrogens with one attached hydrogen (secondary N) is 1. The van der Waals surface area contributed by atoms with Gasteiger partial charge in [-0.1, -0.05) is 12.1 Å². The molecule has 0 fully saturated rings. The van der Waals surface area contributed by atoms with Crippen LogP contribution in [0.4, 0.5) is 18.9 Å². The third-order valence-corrected chi connectivity index (χ3v) is 4.56. The fourth-order valence-corrected chi connectivity index (χ4v) is 3.38. The van der Waals surface area contributed by atoms with Crippen LogP contribution in [0.15, 0.2) is 60.1 Å². The largest absolute Gasteiger partial charge is 0.417 e. The lowest BCUT2D eigenvalue weighted by atomic mass is 10.2. The number of rotatable bonds is 4. The van der Waals surface area contributed by atoms with Crippen LogP contribution in [-0.2, 0) is 16.2 Å². The normalized spacial score (nSPS) is 12.1. The summed E-state index contributed by atoms with van der Waals surface area (Å²) in [5, 5.41) is 3.92. The highest BCUT2D eigenvalue weighted by Crippen LogP contribution is 2.34. The first-order valence-corrected chi connectivity index (χ1v) is 8.26. The molecule has 1 N–H and O–H groups in total. The number of halogens is 3. The van der Waals surface area contributed by atoms with E-state index in [4.69, 9.17) is 0 Å². The molecule has 0 unspecified atom stereocenters. The summed E-state index contributed by atoms with van der Waals surface area (Å²) < 4.78 is 67.6. The van der Waals surface area contributed by atoms with Crippen molar-refractivity contribution in [3.05, 3.63) is 60.8 Å². The molecule has 0 aliphatic rings. The van der Waals surface area contributed by atoms with Crippen molar-refractivity contribution >= 4 is 15.7 Å². The molecule has 3 rings (SSSR count). The van der Waals surface area contributed by atoms with Crippen molar-refractivity contribution in [2.75, 3.05) is 4.72 Å². The lowest BCUT2D eigenvalue weighted by Gasteiger charge is -2.15. The van der Waals surface area contributed by atoms with Gasteiger partial charge in [-0.2, -0.15) is 18.3 Å². The van der Waals surface area contributed by atoms with Crippen molar-refractivity contribution in [3.8, 4) is 5.82 Å². The molecule has 0 radical (unpaired) electrons. The number of aromatic nitrogens is 4. The van der Waals surface area contributed by atoms with Crippen molar-refractivity contribution < 1.29 is 21.6 Å². The highest BCUT2D eigenvalue weighted by molar-refractivity contribution is 7.92. The van der Waals surface area contributed by atoms with Gasteiger partial charge < -0.3 is 0 Å². The van der Waals surface area contributed by atoms with Crippen LogP contribution in [0.2, 0.25) is 0 Å². The topological polar surface area (TPSA) is 89.8 Å². The molecule has 7 nitrogen and oxygen atoms in total. The van der Waals surface area contributed by atoms with Gasteiger partial charge in [0.2, 0.25) is 0 Å². The second-order valence-electron chi connectivity index (χ2n) is 4.81. The summed E-state index contributed by atoms with van der Waals surface area (Å²) >= 11 is 0. The lowest BCUT2D eigenvalue weighted by Crippen LogP contribution is -2.20. The van der Waals surface area contributed by atoms with Gasteiger partial charge in [-0.05, 0) is 18.2 Å². The van der Waals surface area contributed by atoms with Gasteiger partial charge in [0.05, 0.1) is 16.7 Å². The van der Waals surface area contributed by atoms with Gasteiger partial charge in [0, 0.05) is 12.4 Å². The van der Waals surface area contributed by atoms with Crippen LogP contribution < -0.4 is 4.72 Å². The first-order chi connectivity index (χ1) is 11.8. The fraction of sp³-hybridized carbons (Fsp3) is 0.0714. The molecule has 0 bridgehead atoms. The molecular weight excluding hydrogens is 359 g/mol. The zero-order valence-corrected chi connectivity index (χ0v) is 13.2. The monoisotopic (exact) mass is 369 g/mol. The van der Waals surface area contributed by atoms with Gasteiger partial charge in [-0.25, -0.2) is 23.1 Å². The Balaban J connectivity index is 2.06. The van der Waals surface area contributed by atoms with E-state index in [9.17, 15) is 21.6 Å². The first-order valence-electron chi connectivity index (χ1n) is 6.78. The number of hydrogen-bond acceptors (Lipinski definition) is 5. The molecule has 0 aliphatic carbocycles. The number of nitrogens with zero attached hydrogens (tertiary/aromatic N) is 4. The summed E-state index contributed by atoms with van der Waals surface area (Å²) in [6.07, 6.45) is 0.433. The summed E-state index contributed by atoms with van der Waals surface area (Å²) in [5.74, 6) is 0.0769. The van der Waals surface area contributed by atoms with E-state index >= 15 is 0 Å². The predicted octanol–water partition coefficient (Wildman–Crippen LogP) is 2.48. The van der Waals surface area contributed by atoms with E-state index < -0.39 is 26.7 Å². The molecule has 11 heteroatoms. The van der Waals surface area contributed by atoms with Crippen molar-refractivity contribution in [2.24, 2.45) is 0 Å². The van der Waals surface area contributed by atoms with Crippen LogP contribution in [0.5, 0.6) is 0 Å². The first kappa shape index (κ1) is 16.9. The molecule has 2 heterocycles. The Kier molecular flexibility index (Phi) is 4.17. The van der Waals surface area contributed by atoms with Crippen molar-refractivity contribution in [1.82, 2.24) is 19.7 Å². The van der Waals surface area contributed by atoms with Gasteiger partial charge >= 0.3 is 6.18 Å². The van der Waals surface area contributed by atoms with Crippen LogP contribution in [0.25, 0.3) is 5.82 Å². The average Bonchev–Trinajstić information content (AvgIpc) is 3.08. The van der Waals surface area contributed by atoms with Crippen LogP contribution in [0.3, 0.4) is 0 Å². The summed E-state index contributed by atoms with van der Waals surface area (Å²) in [6.45, 7) is 0. The average molecular weight is 369 g/mol. The highest BCUT2D eigenvalue weighted by Gasteiger charge is 2.37. The lowest BCUT2D eigenvalue weighted by molar-refractivity contribution is -0.139. The Hall–Kier alpha value is -2.95. The molecule has 130 valence electrons. The summed E-state index contributed by atoms with van der Waals surface area (Å²) in [5.41, 5.74) is -1.37. The molecule has 2 aromatic heterocycles. The molecule has 0 saturated heterocycles. The van der Waals surface area contributed by atoms with E-state index in [2.05, 4.69) is 19.8 Å². The minimum Gasteiger partial charge on any atom is -0.274 e. The second kappa shape index (κ2) is 6.16. The quantitative estimate of drug-likeness (QED) is 0.763. The highest BCUT2D eigenvalue weighted by atomic mass is 32.2. The number of benzene rings is 1. The van der Waals surface area contributed by atoms with Gasteiger partial charge in [-0.15, -0.1) is 0 Å². The third kappa shape index (κ3) is 3.45. The summed E-state index contributed by atoms with van der Waals surface area (Å²) in [4.78, 5) is 6.72. The van der Waals surface area contributed by atoms with Gasteiger partial charge in [0.1, 0.15) is 12.0 Å². The van der Waals surface area contributed by atoms with Gasteiger partial charge in [-0.3, -0.25) is 4.72 Å². The van der Waals surface area contributed by atoms with E-state index in [1.54, 1.807) is 6.07 Å². The van der Waals surface area contributed by atoms with Crippen molar-refractivity contribution in [1.29, 1.82) is 0 Å². The number of anilines is 1. The van der Waals surface area contributed by atoms with Gasteiger partial charge in [0.25, 0.3) is 10.0 Å². The zero-order chi connectivity index (χ0) is 18.1. The molecule has 1 aromatic carbocycles. The fourth-order valence-electron chi connectivity index (χ4n) is 2.11. The minimum absolute atomic E-state index is 0.0769. The van der Waals surface area contributed by atoms with E-state index in [0.29, 0.717) is 6.07 Å². The van der Waals surface area contributed by atoms with E-state index in [-0.39, 0.29) is 11.5 Å². The summed E-state index contributed by atoms with van der Waals surface area (Å²) in [6, 6.07) is 5.48.